The van der Waals surface area contributed by atoms with E-state index in [0.29, 0.717) is 10.5 Å². The van der Waals surface area contributed by atoms with Gasteiger partial charge in [0.05, 0.1) is 0 Å². The molecule has 0 fully saturated rings. The molecule has 0 spiro atoms. The quantitative estimate of drug-likeness (QED) is 0.590. The lowest BCUT2D eigenvalue weighted by atomic mass is 10.0. The van der Waals surface area contributed by atoms with Crippen LogP contribution in [0.25, 0.3) is 0 Å². The summed E-state index contributed by atoms with van der Waals surface area (Å²) in [6, 6.07) is 5.10. The van der Waals surface area contributed by atoms with Gasteiger partial charge in [-0.3, -0.25) is 4.79 Å². The minimum Gasteiger partial charge on any atom is -0.303 e. The molecular formula is C10H10O2S. The third-order valence-electron chi connectivity index (χ3n) is 1.89. The fourth-order valence-electron chi connectivity index (χ4n) is 1.09. The smallest absolute Gasteiger partial charge is 0.150 e. The third kappa shape index (κ3) is 2.18. The highest BCUT2D eigenvalue weighted by molar-refractivity contribution is 7.80. The number of hydrogen-bond acceptors (Lipinski definition) is 3. The van der Waals surface area contributed by atoms with Crippen LogP contribution in [0.2, 0.25) is 0 Å². The van der Waals surface area contributed by atoms with Crippen molar-refractivity contribution in [2.75, 3.05) is 0 Å². The van der Waals surface area contributed by atoms with E-state index in [2.05, 4.69) is 12.6 Å². The summed E-state index contributed by atoms with van der Waals surface area (Å²) in [5.41, 5.74) is 1.43. The fraction of sp³-hybridized carbons (Fsp3) is 0.200. The topological polar surface area (TPSA) is 34.1 Å². The van der Waals surface area contributed by atoms with Gasteiger partial charge in [-0.1, -0.05) is 19.1 Å². The van der Waals surface area contributed by atoms with Gasteiger partial charge in [-0.2, -0.15) is 0 Å². The zero-order chi connectivity index (χ0) is 9.84. The minimum absolute atomic E-state index is 0.173. The molecule has 0 saturated carbocycles. The molecule has 0 bridgehead atoms. The van der Waals surface area contributed by atoms with Gasteiger partial charge < -0.3 is 4.79 Å². The molecule has 0 N–H and O–H groups in total. The average Bonchev–Trinajstić information content (AvgIpc) is 2.16. The van der Waals surface area contributed by atoms with Crippen molar-refractivity contribution in [3.05, 3.63) is 29.3 Å². The van der Waals surface area contributed by atoms with Crippen LogP contribution in [-0.2, 0) is 4.79 Å². The van der Waals surface area contributed by atoms with E-state index in [-0.39, 0.29) is 5.92 Å². The van der Waals surface area contributed by atoms with Gasteiger partial charge in [-0.05, 0) is 11.6 Å². The number of benzene rings is 1. The predicted molar refractivity (Wildman–Crippen MR) is 53.6 cm³/mol. The van der Waals surface area contributed by atoms with Crippen molar-refractivity contribution in [1.29, 1.82) is 0 Å². The van der Waals surface area contributed by atoms with E-state index in [1.54, 1.807) is 25.1 Å². The third-order valence-corrected chi connectivity index (χ3v) is 2.27. The van der Waals surface area contributed by atoms with Crippen molar-refractivity contribution < 1.29 is 9.59 Å². The Labute approximate surface area is 82.4 Å². The SMILES string of the molecule is CC(C=O)c1ccc(C=O)cc1S. The lowest BCUT2D eigenvalue weighted by Crippen LogP contribution is -1.96. The van der Waals surface area contributed by atoms with E-state index in [9.17, 15) is 9.59 Å². The molecule has 0 aliphatic heterocycles. The Morgan fingerprint density at radius 2 is 2.08 bits per heavy atom. The number of carbonyl (C=O) groups is 2. The number of rotatable bonds is 3. The standard InChI is InChI=1S/C10H10O2S/c1-7(5-11)9-3-2-8(6-12)4-10(9)13/h2-7,13H,1H3. The zero-order valence-corrected chi connectivity index (χ0v) is 8.12. The molecule has 0 amide bonds. The lowest BCUT2D eigenvalue weighted by molar-refractivity contribution is -0.108. The predicted octanol–water partition coefficient (Wildman–Crippen LogP) is 2.09. The average molecular weight is 194 g/mol. The van der Waals surface area contributed by atoms with Crippen LogP contribution in [0.15, 0.2) is 23.1 Å². The monoisotopic (exact) mass is 194 g/mol. The summed E-state index contributed by atoms with van der Waals surface area (Å²) in [5, 5.41) is 0. The Bertz CT molecular complexity index is 334. The van der Waals surface area contributed by atoms with Crippen molar-refractivity contribution in [2.24, 2.45) is 0 Å². The molecule has 3 heteroatoms. The molecule has 2 nitrogen and oxygen atoms in total. The molecular weight excluding hydrogens is 184 g/mol. The molecule has 1 rings (SSSR count). The van der Waals surface area contributed by atoms with Gasteiger partial charge in [0, 0.05) is 16.4 Å². The Morgan fingerprint density at radius 3 is 2.54 bits per heavy atom. The molecule has 1 aromatic rings. The Hall–Kier alpha value is -1.09. The highest BCUT2D eigenvalue weighted by Crippen LogP contribution is 2.22. The van der Waals surface area contributed by atoms with Gasteiger partial charge in [-0.15, -0.1) is 12.6 Å². The van der Waals surface area contributed by atoms with Crippen LogP contribution in [0.4, 0.5) is 0 Å². The number of aldehydes is 2. The summed E-state index contributed by atoms with van der Waals surface area (Å²) in [6.07, 6.45) is 1.62. The van der Waals surface area contributed by atoms with E-state index in [1.165, 1.54) is 0 Å². The summed E-state index contributed by atoms with van der Waals surface area (Å²) in [6.45, 7) is 1.79. The van der Waals surface area contributed by atoms with Crippen LogP contribution in [0.5, 0.6) is 0 Å². The molecule has 0 aromatic heterocycles. The highest BCUT2D eigenvalue weighted by Gasteiger charge is 2.07. The van der Waals surface area contributed by atoms with Crippen molar-refractivity contribution in [3.63, 3.8) is 0 Å². The second-order valence-electron chi connectivity index (χ2n) is 2.86. The van der Waals surface area contributed by atoms with Crippen LogP contribution in [0, 0.1) is 0 Å². The van der Waals surface area contributed by atoms with Crippen molar-refractivity contribution in [1.82, 2.24) is 0 Å². The van der Waals surface area contributed by atoms with Crippen LogP contribution in [-0.4, -0.2) is 12.6 Å². The van der Waals surface area contributed by atoms with Crippen molar-refractivity contribution in [2.45, 2.75) is 17.7 Å². The van der Waals surface area contributed by atoms with Crippen molar-refractivity contribution in [3.8, 4) is 0 Å². The number of thiol groups is 1. The maximum Gasteiger partial charge on any atom is 0.150 e. The zero-order valence-electron chi connectivity index (χ0n) is 7.23. The first-order valence-corrected chi connectivity index (χ1v) is 4.37. The molecule has 68 valence electrons. The summed E-state index contributed by atoms with van der Waals surface area (Å²) < 4.78 is 0. The van der Waals surface area contributed by atoms with Gasteiger partial charge in [0.2, 0.25) is 0 Å². The number of carbonyl (C=O) groups excluding carboxylic acids is 2. The highest BCUT2D eigenvalue weighted by atomic mass is 32.1. The largest absolute Gasteiger partial charge is 0.303 e. The van der Waals surface area contributed by atoms with E-state index in [4.69, 9.17) is 0 Å². The van der Waals surface area contributed by atoms with Gasteiger partial charge in [0.25, 0.3) is 0 Å². The molecule has 0 aliphatic carbocycles. The van der Waals surface area contributed by atoms with Gasteiger partial charge in [0.1, 0.15) is 12.6 Å². The normalized spacial score (nSPS) is 12.2. The van der Waals surface area contributed by atoms with Gasteiger partial charge >= 0.3 is 0 Å². The van der Waals surface area contributed by atoms with Crippen molar-refractivity contribution >= 4 is 25.2 Å². The fourth-order valence-corrected chi connectivity index (χ4v) is 1.52. The first-order valence-electron chi connectivity index (χ1n) is 3.92. The van der Waals surface area contributed by atoms with E-state index < -0.39 is 0 Å². The Balaban J connectivity index is 3.11. The molecule has 0 aliphatic rings. The van der Waals surface area contributed by atoms with Crippen LogP contribution < -0.4 is 0 Å². The molecule has 1 aromatic carbocycles. The summed E-state index contributed by atoms with van der Waals surface area (Å²) in [7, 11) is 0. The van der Waals surface area contributed by atoms with E-state index in [0.717, 1.165) is 18.1 Å². The van der Waals surface area contributed by atoms with Gasteiger partial charge in [0.15, 0.2) is 0 Å². The summed E-state index contributed by atoms with van der Waals surface area (Å²) in [5.74, 6) is -0.173. The first kappa shape index (κ1) is 9.99. The Morgan fingerprint density at radius 1 is 1.38 bits per heavy atom. The second kappa shape index (κ2) is 4.23. The van der Waals surface area contributed by atoms with E-state index in [1.807, 2.05) is 0 Å². The number of hydrogen-bond donors (Lipinski definition) is 1. The molecule has 0 heterocycles. The molecule has 0 radical (unpaired) electrons. The maximum atomic E-state index is 10.5. The van der Waals surface area contributed by atoms with Crippen LogP contribution in [0.1, 0.15) is 28.8 Å². The summed E-state index contributed by atoms with van der Waals surface area (Å²) >= 11 is 4.20. The molecule has 0 saturated heterocycles. The molecule has 1 unspecified atom stereocenters. The maximum absolute atomic E-state index is 10.5. The van der Waals surface area contributed by atoms with E-state index >= 15 is 0 Å². The second-order valence-corrected chi connectivity index (χ2v) is 3.34. The first-order chi connectivity index (χ1) is 6.19. The molecule has 1 atom stereocenters. The van der Waals surface area contributed by atoms with Crippen LogP contribution >= 0.6 is 12.6 Å². The Kier molecular flexibility index (Phi) is 3.25. The van der Waals surface area contributed by atoms with Crippen LogP contribution in [0.3, 0.4) is 0 Å². The summed E-state index contributed by atoms with van der Waals surface area (Å²) in [4.78, 5) is 21.6. The lowest BCUT2D eigenvalue weighted by Gasteiger charge is -2.07. The minimum atomic E-state index is -0.173. The van der Waals surface area contributed by atoms with Gasteiger partial charge in [-0.25, -0.2) is 0 Å². The molecule has 13 heavy (non-hydrogen) atoms.